The smallest absolute Gasteiger partial charge is 0.163 e. The molecule has 0 heterocycles. The summed E-state index contributed by atoms with van der Waals surface area (Å²) in [4.78, 5) is 23.0. The van der Waals surface area contributed by atoms with Crippen molar-refractivity contribution in [2.75, 3.05) is 0 Å². The van der Waals surface area contributed by atoms with Crippen LogP contribution in [-0.2, 0) is 9.59 Å². The molecule has 0 saturated heterocycles. The zero-order valence-electron chi connectivity index (χ0n) is 13.5. The number of carbonyl (C=O) groups is 2. The fourth-order valence-electron chi connectivity index (χ4n) is 2.80. The van der Waals surface area contributed by atoms with Crippen molar-refractivity contribution in [3.63, 3.8) is 0 Å². The fourth-order valence-corrected chi connectivity index (χ4v) is 2.80. The highest BCUT2D eigenvalue weighted by molar-refractivity contribution is 6.05. The Morgan fingerprint density at radius 3 is 2.10 bits per heavy atom. The summed E-state index contributed by atoms with van der Waals surface area (Å²) >= 11 is 0. The lowest BCUT2D eigenvalue weighted by Crippen LogP contribution is -2.18. The number of ketones is 2. The average molecular weight is 294 g/mol. The predicted molar refractivity (Wildman–Crippen MR) is 85.4 cm³/mol. The zero-order valence-corrected chi connectivity index (χ0v) is 13.5. The van der Waals surface area contributed by atoms with Gasteiger partial charge in [0.25, 0.3) is 0 Å². The van der Waals surface area contributed by atoms with Crippen LogP contribution >= 0.6 is 0 Å². The Balaban J connectivity index is 2.11. The maximum absolute atomic E-state index is 11.7. The number of Topliss-reactive ketones (excluding diaryl/α,β-unsaturated/α-hetero) is 2. The number of carbonyl (C=O) groups excluding carboxylic acids is 2. The van der Waals surface area contributed by atoms with Crippen molar-refractivity contribution in [2.24, 2.45) is 0 Å². The monoisotopic (exact) mass is 294 g/mol. The van der Waals surface area contributed by atoms with Crippen molar-refractivity contribution in [1.82, 2.24) is 0 Å². The van der Waals surface area contributed by atoms with Gasteiger partial charge in [-0.1, -0.05) is 58.3 Å². The molecule has 21 heavy (non-hydrogen) atoms. The third kappa shape index (κ3) is 7.45. The fraction of sp³-hybridized carbons (Fsp3) is 0.778. The van der Waals surface area contributed by atoms with Crippen LogP contribution in [-0.4, -0.2) is 16.7 Å². The van der Waals surface area contributed by atoms with Gasteiger partial charge in [-0.05, 0) is 6.42 Å². The standard InChI is InChI=1S/C18H30O3/c1-2-3-4-5-6-7-8-9-10-11-17(20)16-14-15(19)12-13-18(16)21/h20H,2-14H2,1H3/b17-16+. The molecule has 1 aliphatic carbocycles. The molecule has 120 valence electrons. The molecule has 1 N–H and O–H groups in total. The van der Waals surface area contributed by atoms with Crippen LogP contribution in [0.3, 0.4) is 0 Å². The SMILES string of the molecule is CCCCCCCCCCC/C(O)=C1/CC(=O)CCC1=O. The minimum absolute atomic E-state index is 0.0389. The normalized spacial score (nSPS) is 18.1. The van der Waals surface area contributed by atoms with E-state index in [1.165, 1.54) is 44.9 Å². The minimum atomic E-state index is -0.0389. The van der Waals surface area contributed by atoms with Gasteiger partial charge in [-0.15, -0.1) is 0 Å². The number of rotatable bonds is 10. The Bertz CT molecular complexity index is 369. The quantitative estimate of drug-likeness (QED) is 0.349. The van der Waals surface area contributed by atoms with Gasteiger partial charge in [-0.2, -0.15) is 0 Å². The van der Waals surface area contributed by atoms with Crippen molar-refractivity contribution >= 4 is 11.6 Å². The summed E-state index contributed by atoms with van der Waals surface area (Å²) in [5, 5.41) is 9.97. The van der Waals surface area contributed by atoms with Gasteiger partial charge in [-0.3, -0.25) is 9.59 Å². The first-order valence-corrected chi connectivity index (χ1v) is 8.61. The van der Waals surface area contributed by atoms with Crippen LogP contribution in [0.1, 0.15) is 90.4 Å². The molecule has 0 aliphatic heterocycles. The van der Waals surface area contributed by atoms with Gasteiger partial charge in [-0.25, -0.2) is 0 Å². The molecule has 0 radical (unpaired) electrons. The maximum Gasteiger partial charge on any atom is 0.163 e. The molecular formula is C18H30O3. The molecule has 1 fully saturated rings. The van der Waals surface area contributed by atoms with Gasteiger partial charge in [0.15, 0.2) is 5.78 Å². The van der Waals surface area contributed by atoms with Crippen molar-refractivity contribution in [3.05, 3.63) is 11.3 Å². The Morgan fingerprint density at radius 1 is 0.905 bits per heavy atom. The van der Waals surface area contributed by atoms with Crippen molar-refractivity contribution in [2.45, 2.75) is 90.4 Å². The molecule has 0 unspecified atom stereocenters. The molecule has 0 amide bonds. The van der Waals surface area contributed by atoms with Crippen LogP contribution in [0.15, 0.2) is 11.3 Å². The van der Waals surface area contributed by atoms with E-state index >= 15 is 0 Å². The molecular weight excluding hydrogens is 264 g/mol. The summed E-state index contributed by atoms with van der Waals surface area (Å²) in [5.41, 5.74) is 0.380. The molecule has 1 rings (SSSR count). The van der Waals surface area contributed by atoms with E-state index in [2.05, 4.69) is 6.92 Å². The van der Waals surface area contributed by atoms with Crippen LogP contribution in [0.4, 0.5) is 0 Å². The summed E-state index contributed by atoms with van der Waals surface area (Å²) in [5.74, 6) is 0.197. The first-order chi connectivity index (χ1) is 10.1. The Kier molecular flexibility index (Phi) is 9.04. The topological polar surface area (TPSA) is 54.4 Å². The highest BCUT2D eigenvalue weighted by Crippen LogP contribution is 2.22. The Labute approximate surface area is 128 Å². The van der Waals surface area contributed by atoms with Gasteiger partial charge in [0.1, 0.15) is 5.78 Å². The van der Waals surface area contributed by atoms with Gasteiger partial charge < -0.3 is 5.11 Å². The molecule has 0 aromatic carbocycles. The van der Waals surface area contributed by atoms with Crippen molar-refractivity contribution in [3.8, 4) is 0 Å². The lowest BCUT2D eigenvalue weighted by molar-refractivity contribution is -0.125. The lowest BCUT2D eigenvalue weighted by Gasteiger charge is -2.14. The number of aliphatic hydroxyl groups excluding tert-OH is 1. The summed E-state index contributed by atoms with van der Waals surface area (Å²) in [7, 11) is 0. The second-order valence-corrected chi connectivity index (χ2v) is 6.14. The zero-order chi connectivity index (χ0) is 15.5. The van der Waals surface area contributed by atoms with Gasteiger partial charge in [0.05, 0.1) is 5.76 Å². The number of aliphatic hydroxyl groups is 1. The molecule has 1 saturated carbocycles. The molecule has 1 aliphatic rings. The van der Waals surface area contributed by atoms with E-state index in [1.54, 1.807) is 0 Å². The van der Waals surface area contributed by atoms with Gasteiger partial charge in [0, 0.05) is 31.3 Å². The van der Waals surface area contributed by atoms with Crippen LogP contribution in [0, 0.1) is 0 Å². The van der Waals surface area contributed by atoms with E-state index in [-0.39, 0.29) is 30.2 Å². The summed E-state index contributed by atoms with van der Waals surface area (Å²) in [6.45, 7) is 2.23. The van der Waals surface area contributed by atoms with E-state index in [9.17, 15) is 14.7 Å². The number of hydrogen-bond donors (Lipinski definition) is 1. The van der Waals surface area contributed by atoms with E-state index < -0.39 is 0 Å². The van der Waals surface area contributed by atoms with Crippen molar-refractivity contribution < 1.29 is 14.7 Å². The third-order valence-electron chi connectivity index (χ3n) is 4.21. The van der Waals surface area contributed by atoms with Crippen LogP contribution in [0.5, 0.6) is 0 Å². The summed E-state index contributed by atoms with van der Waals surface area (Å²) in [6.07, 6.45) is 12.4. The van der Waals surface area contributed by atoms with E-state index in [0.717, 1.165) is 12.8 Å². The molecule has 0 aromatic heterocycles. The van der Waals surface area contributed by atoms with Crippen LogP contribution in [0.2, 0.25) is 0 Å². The minimum Gasteiger partial charge on any atom is -0.512 e. The molecule has 0 aromatic rings. The van der Waals surface area contributed by atoms with E-state index in [0.29, 0.717) is 18.4 Å². The second-order valence-electron chi connectivity index (χ2n) is 6.14. The van der Waals surface area contributed by atoms with Gasteiger partial charge in [0.2, 0.25) is 0 Å². The Morgan fingerprint density at radius 2 is 1.48 bits per heavy atom. The first-order valence-electron chi connectivity index (χ1n) is 8.61. The molecule has 0 bridgehead atoms. The van der Waals surface area contributed by atoms with Crippen LogP contribution in [0.25, 0.3) is 0 Å². The second kappa shape index (κ2) is 10.6. The summed E-state index contributed by atoms with van der Waals surface area (Å²) < 4.78 is 0. The third-order valence-corrected chi connectivity index (χ3v) is 4.21. The average Bonchev–Trinajstić information content (AvgIpc) is 2.48. The highest BCUT2D eigenvalue weighted by atomic mass is 16.3. The molecule has 3 heteroatoms. The van der Waals surface area contributed by atoms with Gasteiger partial charge >= 0.3 is 0 Å². The highest BCUT2D eigenvalue weighted by Gasteiger charge is 2.23. The number of hydrogen-bond acceptors (Lipinski definition) is 3. The van der Waals surface area contributed by atoms with Crippen molar-refractivity contribution in [1.29, 1.82) is 0 Å². The Hall–Kier alpha value is -1.12. The maximum atomic E-state index is 11.7. The molecule has 0 spiro atoms. The largest absolute Gasteiger partial charge is 0.512 e. The van der Waals surface area contributed by atoms with Crippen LogP contribution < -0.4 is 0 Å². The molecule has 0 atom stereocenters. The predicted octanol–water partition coefficient (Wildman–Crippen LogP) is 5.04. The van der Waals surface area contributed by atoms with E-state index in [4.69, 9.17) is 0 Å². The molecule has 3 nitrogen and oxygen atoms in total. The number of unbranched alkanes of at least 4 members (excludes halogenated alkanes) is 8. The number of allylic oxidation sites excluding steroid dienone is 2. The lowest BCUT2D eigenvalue weighted by atomic mass is 9.90. The van der Waals surface area contributed by atoms with E-state index in [1.807, 2.05) is 0 Å². The summed E-state index contributed by atoms with van der Waals surface area (Å²) in [6, 6.07) is 0. The first kappa shape index (κ1) is 17.9.